The van der Waals surface area contributed by atoms with Crippen molar-refractivity contribution in [2.45, 2.75) is 64.1 Å². The average molecular weight is 341 g/mol. The lowest BCUT2D eigenvalue weighted by Crippen LogP contribution is -2.36. The second-order valence-corrected chi connectivity index (χ2v) is 7.80. The van der Waals surface area contributed by atoms with Gasteiger partial charge in [0.1, 0.15) is 5.65 Å². The largest absolute Gasteiger partial charge is 0.392 e. The third-order valence-electron chi connectivity index (χ3n) is 5.85. The number of likely N-dealkylation sites (tertiary alicyclic amines) is 1. The van der Waals surface area contributed by atoms with Gasteiger partial charge in [0.25, 0.3) is 5.56 Å². The first kappa shape index (κ1) is 16.7. The molecule has 0 bridgehead atoms. The molecule has 2 aromatic rings. The molecule has 3 heterocycles. The van der Waals surface area contributed by atoms with E-state index < -0.39 is 0 Å². The molecule has 25 heavy (non-hydrogen) atoms. The molecule has 1 aliphatic heterocycles. The highest BCUT2D eigenvalue weighted by Gasteiger charge is 2.36. The molecule has 2 unspecified atom stereocenters. The standard InChI is InChI=1S/C20H27N3O2/c1-14-7-8-19-21-16(9-20(25)23(19)11-14)12-22-13-17(24)10-18(22)15-5-3-2-4-6-15/h7-9,11,15,17-18,24H,2-6,10,12-13H2,1H3. The SMILES string of the molecule is Cc1ccc2nc(CN3CC(O)CC3C3CCCCC3)cc(=O)n2c1. The molecule has 0 radical (unpaired) electrons. The zero-order valence-corrected chi connectivity index (χ0v) is 14.9. The minimum atomic E-state index is -0.254. The van der Waals surface area contributed by atoms with Crippen molar-refractivity contribution in [3.8, 4) is 0 Å². The van der Waals surface area contributed by atoms with E-state index in [0.717, 1.165) is 17.7 Å². The summed E-state index contributed by atoms with van der Waals surface area (Å²) in [6.07, 6.45) is 8.92. The molecule has 1 saturated heterocycles. The molecule has 2 atom stereocenters. The molecule has 4 rings (SSSR count). The first-order chi connectivity index (χ1) is 12.1. The third-order valence-corrected chi connectivity index (χ3v) is 5.85. The molecule has 134 valence electrons. The van der Waals surface area contributed by atoms with Gasteiger partial charge in [-0.1, -0.05) is 25.3 Å². The topological polar surface area (TPSA) is 57.8 Å². The molecule has 0 amide bonds. The van der Waals surface area contributed by atoms with Crippen LogP contribution in [0.15, 0.2) is 29.2 Å². The number of nitrogens with zero attached hydrogens (tertiary/aromatic N) is 3. The van der Waals surface area contributed by atoms with E-state index in [0.29, 0.717) is 30.7 Å². The molecule has 1 saturated carbocycles. The van der Waals surface area contributed by atoms with E-state index in [4.69, 9.17) is 0 Å². The number of rotatable bonds is 3. The first-order valence-corrected chi connectivity index (χ1v) is 9.51. The van der Waals surface area contributed by atoms with Gasteiger partial charge in [-0.05, 0) is 43.7 Å². The van der Waals surface area contributed by atoms with E-state index in [1.165, 1.54) is 32.1 Å². The number of aliphatic hydroxyl groups is 1. The van der Waals surface area contributed by atoms with E-state index >= 15 is 0 Å². The van der Waals surface area contributed by atoms with Gasteiger partial charge >= 0.3 is 0 Å². The van der Waals surface area contributed by atoms with Gasteiger partial charge in [-0.25, -0.2) is 4.98 Å². The number of fused-ring (bicyclic) bond motifs is 1. The Morgan fingerprint density at radius 2 is 2.04 bits per heavy atom. The normalized spacial score (nSPS) is 25.7. The quantitative estimate of drug-likeness (QED) is 0.932. The Hall–Kier alpha value is -1.72. The van der Waals surface area contributed by atoms with Crippen molar-refractivity contribution in [1.82, 2.24) is 14.3 Å². The van der Waals surface area contributed by atoms with Gasteiger partial charge in [0.2, 0.25) is 0 Å². The average Bonchev–Trinajstić information content (AvgIpc) is 2.97. The number of aryl methyl sites for hydroxylation is 1. The van der Waals surface area contributed by atoms with Crippen molar-refractivity contribution in [3.63, 3.8) is 0 Å². The van der Waals surface area contributed by atoms with E-state index in [2.05, 4.69) is 9.88 Å². The van der Waals surface area contributed by atoms with Crippen molar-refractivity contribution in [2.75, 3.05) is 6.54 Å². The van der Waals surface area contributed by atoms with Crippen molar-refractivity contribution in [3.05, 3.63) is 46.0 Å². The molecule has 2 aromatic heterocycles. The van der Waals surface area contributed by atoms with E-state index in [1.54, 1.807) is 10.5 Å². The number of hydrogen-bond acceptors (Lipinski definition) is 4. The number of pyridine rings is 1. The Bertz CT molecular complexity index is 810. The molecule has 1 N–H and O–H groups in total. The van der Waals surface area contributed by atoms with Crippen LogP contribution < -0.4 is 5.56 Å². The maximum Gasteiger partial charge on any atom is 0.258 e. The fraction of sp³-hybridized carbons (Fsp3) is 0.600. The maximum absolute atomic E-state index is 12.4. The summed E-state index contributed by atoms with van der Waals surface area (Å²) >= 11 is 0. The van der Waals surface area contributed by atoms with E-state index in [-0.39, 0.29) is 11.7 Å². The van der Waals surface area contributed by atoms with Crippen LogP contribution in [0.2, 0.25) is 0 Å². The van der Waals surface area contributed by atoms with Crippen LogP contribution in [0.4, 0.5) is 0 Å². The van der Waals surface area contributed by atoms with Crippen LogP contribution in [0.5, 0.6) is 0 Å². The lowest BCUT2D eigenvalue weighted by Gasteiger charge is -2.33. The summed E-state index contributed by atoms with van der Waals surface area (Å²) < 4.78 is 1.61. The summed E-state index contributed by atoms with van der Waals surface area (Å²) in [7, 11) is 0. The van der Waals surface area contributed by atoms with E-state index in [9.17, 15) is 9.90 Å². The highest BCUT2D eigenvalue weighted by atomic mass is 16.3. The summed E-state index contributed by atoms with van der Waals surface area (Å²) in [5.41, 5.74) is 2.52. The lowest BCUT2D eigenvalue weighted by atomic mass is 9.82. The summed E-state index contributed by atoms with van der Waals surface area (Å²) in [6.45, 7) is 3.31. The summed E-state index contributed by atoms with van der Waals surface area (Å²) in [4.78, 5) is 19.5. The number of aliphatic hydroxyl groups excluding tert-OH is 1. The fourth-order valence-corrected chi connectivity index (χ4v) is 4.65. The van der Waals surface area contributed by atoms with Crippen LogP contribution in [-0.2, 0) is 6.54 Å². The van der Waals surface area contributed by atoms with Crippen LogP contribution >= 0.6 is 0 Å². The van der Waals surface area contributed by atoms with Gasteiger partial charge in [0.05, 0.1) is 11.8 Å². The van der Waals surface area contributed by atoms with Crippen molar-refractivity contribution in [2.24, 2.45) is 5.92 Å². The molecule has 2 aliphatic rings. The summed E-state index contributed by atoms with van der Waals surface area (Å²) in [5.74, 6) is 0.676. The van der Waals surface area contributed by atoms with Crippen LogP contribution in [0, 0.1) is 12.8 Å². The molecular weight excluding hydrogens is 314 g/mol. The smallest absolute Gasteiger partial charge is 0.258 e. The minimum Gasteiger partial charge on any atom is -0.392 e. The Kier molecular flexibility index (Phi) is 4.61. The van der Waals surface area contributed by atoms with Crippen LogP contribution in [0.1, 0.15) is 49.8 Å². The predicted molar refractivity (Wildman–Crippen MR) is 97.6 cm³/mol. The highest BCUT2D eigenvalue weighted by Crippen LogP contribution is 2.35. The van der Waals surface area contributed by atoms with Crippen molar-refractivity contribution >= 4 is 5.65 Å². The second kappa shape index (κ2) is 6.89. The summed E-state index contributed by atoms with van der Waals surface area (Å²) in [5, 5.41) is 10.2. The van der Waals surface area contributed by atoms with Gasteiger partial charge < -0.3 is 5.11 Å². The predicted octanol–water partition coefficient (Wildman–Crippen LogP) is 2.52. The fourth-order valence-electron chi connectivity index (χ4n) is 4.65. The monoisotopic (exact) mass is 341 g/mol. The molecule has 2 fully saturated rings. The number of aromatic nitrogens is 2. The highest BCUT2D eigenvalue weighted by molar-refractivity contribution is 5.39. The van der Waals surface area contributed by atoms with Gasteiger partial charge in [0.15, 0.2) is 0 Å². The first-order valence-electron chi connectivity index (χ1n) is 9.51. The Labute approximate surface area is 148 Å². The number of hydrogen-bond donors (Lipinski definition) is 1. The number of β-amino-alcohol motifs (C(OH)–C–C–N with tert-alkyl or cyclic N) is 1. The zero-order valence-electron chi connectivity index (χ0n) is 14.9. The minimum absolute atomic E-state index is 0.0299. The van der Waals surface area contributed by atoms with Gasteiger partial charge in [-0.3, -0.25) is 14.1 Å². The van der Waals surface area contributed by atoms with Gasteiger partial charge in [-0.15, -0.1) is 0 Å². The molecule has 1 aliphatic carbocycles. The Morgan fingerprint density at radius 1 is 1.24 bits per heavy atom. The van der Waals surface area contributed by atoms with Crippen molar-refractivity contribution < 1.29 is 5.11 Å². The molecular formula is C20H27N3O2. The van der Waals surface area contributed by atoms with Crippen molar-refractivity contribution in [1.29, 1.82) is 0 Å². The molecule has 5 heteroatoms. The molecule has 5 nitrogen and oxygen atoms in total. The maximum atomic E-state index is 12.4. The summed E-state index contributed by atoms with van der Waals surface area (Å²) in [6, 6.07) is 5.96. The van der Waals surface area contributed by atoms with Crippen LogP contribution in [0.3, 0.4) is 0 Å². The lowest BCUT2D eigenvalue weighted by molar-refractivity contribution is 0.146. The van der Waals surface area contributed by atoms with Gasteiger partial charge in [0, 0.05) is 31.4 Å². The second-order valence-electron chi connectivity index (χ2n) is 7.80. The Morgan fingerprint density at radius 3 is 2.84 bits per heavy atom. The molecule has 0 spiro atoms. The third kappa shape index (κ3) is 3.48. The van der Waals surface area contributed by atoms with Crippen LogP contribution in [0.25, 0.3) is 5.65 Å². The van der Waals surface area contributed by atoms with E-state index in [1.807, 2.05) is 25.3 Å². The zero-order chi connectivity index (χ0) is 17.4. The van der Waals surface area contributed by atoms with Crippen LogP contribution in [-0.4, -0.2) is 38.1 Å². The molecule has 0 aromatic carbocycles. The van der Waals surface area contributed by atoms with Gasteiger partial charge in [-0.2, -0.15) is 0 Å². The Balaban J connectivity index is 1.58.